The number of amides is 1. The first kappa shape index (κ1) is 23.3. The average Bonchev–Trinajstić information content (AvgIpc) is 3.16. The van der Waals surface area contributed by atoms with Gasteiger partial charge in [-0.3, -0.25) is 9.59 Å². The molecule has 0 radical (unpaired) electrons. The fraction of sp³-hybridized carbons (Fsp3) is 0.621. The first-order valence-corrected chi connectivity index (χ1v) is 13.1. The van der Waals surface area contributed by atoms with Crippen LogP contribution in [0.15, 0.2) is 47.1 Å². The van der Waals surface area contributed by atoms with Crippen molar-refractivity contribution in [2.45, 2.75) is 78.2 Å². The minimum absolute atomic E-state index is 0.0559. The highest BCUT2D eigenvalue weighted by atomic mass is 16.5. The zero-order valence-corrected chi connectivity index (χ0v) is 20.8. The second kappa shape index (κ2) is 8.98. The van der Waals surface area contributed by atoms with Crippen LogP contribution in [-0.2, 0) is 9.53 Å². The number of carbonyl (C=O) groups is 2. The van der Waals surface area contributed by atoms with E-state index >= 15 is 0 Å². The predicted molar refractivity (Wildman–Crippen MR) is 133 cm³/mol. The lowest BCUT2D eigenvalue weighted by molar-refractivity contribution is -0.148. The molecule has 5 rings (SSSR count). The second-order valence-electron chi connectivity index (χ2n) is 11.5. The number of benzene rings is 1. The molecule has 5 heteroatoms. The molecule has 1 aromatic rings. The van der Waals surface area contributed by atoms with E-state index < -0.39 is 0 Å². The SMILES string of the molecule is CC(=O)O[C@H]1CC[C@@]2(C)C(=CC[C@H]3[C@@H]4CC[C@H](/C=N/NC(=O)c5ccccc5)[C@@]4(C)CC[C@@H]32)C1. The van der Waals surface area contributed by atoms with Gasteiger partial charge in [-0.2, -0.15) is 5.10 Å². The van der Waals surface area contributed by atoms with Crippen molar-refractivity contribution in [3.63, 3.8) is 0 Å². The van der Waals surface area contributed by atoms with E-state index in [2.05, 4.69) is 30.5 Å². The number of hydrogen-bond acceptors (Lipinski definition) is 4. The zero-order valence-electron chi connectivity index (χ0n) is 20.8. The van der Waals surface area contributed by atoms with Crippen LogP contribution >= 0.6 is 0 Å². The second-order valence-corrected chi connectivity index (χ2v) is 11.5. The van der Waals surface area contributed by atoms with Crippen LogP contribution in [0.3, 0.4) is 0 Å². The number of hydrogen-bond donors (Lipinski definition) is 1. The molecule has 0 heterocycles. The van der Waals surface area contributed by atoms with Crippen LogP contribution in [0, 0.1) is 34.5 Å². The Kier molecular flexibility index (Phi) is 6.16. The summed E-state index contributed by atoms with van der Waals surface area (Å²) >= 11 is 0. The monoisotopic (exact) mass is 462 g/mol. The van der Waals surface area contributed by atoms with Crippen molar-refractivity contribution in [3.8, 4) is 0 Å². The molecule has 0 aromatic heterocycles. The van der Waals surface area contributed by atoms with Gasteiger partial charge in [-0.1, -0.05) is 43.7 Å². The van der Waals surface area contributed by atoms with E-state index in [4.69, 9.17) is 4.74 Å². The number of nitrogens with zero attached hydrogens (tertiary/aromatic N) is 1. The van der Waals surface area contributed by atoms with Gasteiger partial charge in [0.25, 0.3) is 5.91 Å². The van der Waals surface area contributed by atoms with Crippen LogP contribution in [0.25, 0.3) is 0 Å². The third-order valence-electron chi connectivity index (χ3n) is 9.92. The van der Waals surface area contributed by atoms with Gasteiger partial charge in [-0.25, -0.2) is 5.43 Å². The quantitative estimate of drug-likeness (QED) is 0.262. The van der Waals surface area contributed by atoms with E-state index in [0.717, 1.165) is 43.9 Å². The predicted octanol–water partition coefficient (Wildman–Crippen LogP) is 5.91. The van der Waals surface area contributed by atoms with Crippen molar-refractivity contribution in [1.29, 1.82) is 0 Å². The molecular formula is C29H38N2O3. The normalized spacial score (nSPS) is 38.9. The topological polar surface area (TPSA) is 67.8 Å². The Hall–Kier alpha value is -2.43. The molecule has 1 N–H and O–H groups in total. The number of allylic oxidation sites excluding steroid dienone is 1. The van der Waals surface area contributed by atoms with E-state index in [9.17, 15) is 9.59 Å². The fourth-order valence-corrected chi connectivity index (χ4v) is 8.09. The first-order valence-electron chi connectivity index (χ1n) is 13.1. The number of ether oxygens (including phenoxy) is 1. The smallest absolute Gasteiger partial charge is 0.302 e. The van der Waals surface area contributed by atoms with Gasteiger partial charge in [0.15, 0.2) is 0 Å². The molecule has 0 bridgehead atoms. The highest BCUT2D eigenvalue weighted by Gasteiger charge is 2.58. The number of nitrogens with one attached hydrogen (secondary N) is 1. The summed E-state index contributed by atoms with van der Waals surface area (Å²) in [5.74, 6) is 2.24. The summed E-state index contributed by atoms with van der Waals surface area (Å²) in [6.07, 6.45) is 13.6. The average molecular weight is 463 g/mol. The largest absolute Gasteiger partial charge is 0.462 e. The van der Waals surface area contributed by atoms with Gasteiger partial charge in [0.2, 0.25) is 0 Å². The van der Waals surface area contributed by atoms with Crippen LogP contribution in [-0.4, -0.2) is 24.2 Å². The van der Waals surface area contributed by atoms with Crippen LogP contribution in [0.5, 0.6) is 0 Å². The fourth-order valence-electron chi connectivity index (χ4n) is 8.09. The van der Waals surface area contributed by atoms with Gasteiger partial charge in [0.05, 0.1) is 0 Å². The summed E-state index contributed by atoms with van der Waals surface area (Å²) in [4.78, 5) is 23.8. The van der Waals surface area contributed by atoms with Gasteiger partial charge in [0, 0.05) is 31.0 Å². The molecule has 1 amide bonds. The molecule has 3 fully saturated rings. The highest BCUT2D eigenvalue weighted by molar-refractivity contribution is 5.94. The molecule has 3 saturated carbocycles. The van der Waals surface area contributed by atoms with E-state index in [-0.39, 0.29) is 28.8 Å². The van der Waals surface area contributed by atoms with Crippen molar-refractivity contribution >= 4 is 18.1 Å². The van der Waals surface area contributed by atoms with Gasteiger partial charge in [-0.15, -0.1) is 0 Å². The van der Waals surface area contributed by atoms with Crippen LogP contribution < -0.4 is 5.43 Å². The molecule has 0 saturated heterocycles. The van der Waals surface area contributed by atoms with Gasteiger partial charge < -0.3 is 4.74 Å². The molecule has 182 valence electrons. The van der Waals surface area contributed by atoms with Crippen LogP contribution in [0.1, 0.15) is 82.5 Å². The van der Waals surface area contributed by atoms with Gasteiger partial charge in [-0.05, 0) is 85.7 Å². The third-order valence-corrected chi connectivity index (χ3v) is 9.92. The standard InChI is InChI=1S/C29H38N2O3/c1-19(32)34-23-13-15-28(2)21(17-23)9-11-24-25-12-10-22(29(25,3)16-14-26(24)28)18-30-31-27(33)20-7-5-4-6-8-20/h4-9,18,22-26H,10-17H2,1-3H3,(H,31,33)/b30-18+/t22-,23+,24+,25+,26+,28+,29-/m1/s1. The summed E-state index contributed by atoms with van der Waals surface area (Å²) < 4.78 is 5.58. The molecule has 4 aliphatic rings. The van der Waals surface area contributed by atoms with E-state index in [1.54, 1.807) is 0 Å². The zero-order chi connectivity index (χ0) is 23.9. The lowest BCUT2D eigenvalue weighted by Gasteiger charge is -2.58. The maximum absolute atomic E-state index is 12.4. The number of rotatable bonds is 4. The molecule has 0 unspecified atom stereocenters. The van der Waals surface area contributed by atoms with E-state index in [1.807, 2.05) is 36.5 Å². The lowest BCUT2D eigenvalue weighted by Crippen LogP contribution is -2.50. The Morgan fingerprint density at radius 3 is 2.62 bits per heavy atom. The number of carbonyl (C=O) groups excluding carboxylic acids is 2. The summed E-state index contributed by atoms with van der Waals surface area (Å²) in [5, 5.41) is 4.40. The van der Waals surface area contributed by atoms with E-state index in [0.29, 0.717) is 17.4 Å². The molecule has 5 nitrogen and oxygen atoms in total. The van der Waals surface area contributed by atoms with Crippen molar-refractivity contribution in [1.82, 2.24) is 5.43 Å². The lowest BCUT2D eigenvalue weighted by atomic mass is 9.47. The maximum Gasteiger partial charge on any atom is 0.302 e. The molecule has 7 atom stereocenters. The maximum atomic E-state index is 12.4. The van der Waals surface area contributed by atoms with E-state index in [1.165, 1.54) is 31.8 Å². The van der Waals surface area contributed by atoms with Crippen molar-refractivity contribution in [3.05, 3.63) is 47.5 Å². The first-order chi connectivity index (χ1) is 16.3. The number of esters is 1. The summed E-state index contributed by atoms with van der Waals surface area (Å²) in [5.41, 5.74) is 5.41. The van der Waals surface area contributed by atoms with Crippen molar-refractivity contribution in [2.75, 3.05) is 0 Å². The van der Waals surface area contributed by atoms with Gasteiger partial charge in [0.1, 0.15) is 6.10 Å². The van der Waals surface area contributed by atoms with Crippen molar-refractivity contribution < 1.29 is 14.3 Å². The molecule has 0 aliphatic heterocycles. The molecule has 34 heavy (non-hydrogen) atoms. The minimum Gasteiger partial charge on any atom is -0.462 e. The summed E-state index contributed by atoms with van der Waals surface area (Å²) in [6.45, 7) is 6.47. The summed E-state index contributed by atoms with van der Waals surface area (Å²) in [7, 11) is 0. The Labute approximate surface area is 203 Å². The van der Waals surface area contributed by atoms with Gasteiger partial charge >= 0.3 is 5.97 Å². The summed E-state index contributed by atoms with van der Waals surface area (Å²) in [6, 6.07) is 9.26. The Morgan fingerprint density at radius 2 is 1.85 bits per heavy atom. The Balaban J connectivity index is 1.27. The minimum atomic E-state index is -0.157. The molecule has 4 aliphatic carbocycles. The Morgan fingerprint density at radius 1 is 1.06 bits per heavy atom. The van der Waals surface area contributed by atoms with Crippen LogP contribution in [0.4, 0.5) is 0 Å². The number of fused-ring (bicyclic) bond motifs is 5. The van der Waals surface area contributed by atoms with Crippen molar-refractivity contribution in [2.24, 2.45) is 39.6 Å². The molecular weight excluding hydrogens is 424 g/mol. The molecule has 1 aromatic carbocycles. The molecule has 0 spiro atoms. The Bertz CT molecular complexity index is 1000. The third kappa shape index (κ3) is 4.01. The highest BCUT2D eigenvalue weighted by Crippen LogP contribution is 2.66. The number of hydrazone groups is 1. The van der Waals surface area contributed by atoms with Crippen LogP contribution in [0.2, 0.25) is 0 Å².